The molecule has 1 atom stereocenters. The van der Waals surface area contributed by atoms with Crippen molar-refractivity contribution in [2.24, 2.45) is 0 Å². The second kappa shape index (κ2) is 4.15. The monoisotopic (exact) mass is 223 g/mol. The van der Waals surface area contributed by atoms with E-state index in [9.17, 15) is 0 Å². The van der Waals surface area contributed by atoms with Gasteiger partial charge in [-0.25, -0.2) is 0 Å². The van der Waals surface area contributed by atoms with Crippen LogP contribution in [-0.2, 0) is 6.54 Å². The Morgan fingerprint density at radius 3 is 2.53 bits per heavy atom. The number of benzene rings is 1. The topological polar surface area (TPSA) is 3.24 Å². The first-order valence-electron chi connectivity index (χ1n) is 5.50. The van der Waals surface area contributed by atoms with Crippen LogP contribution in [0.25, 0.3) is 0 Å². The second-order valence-electron chi connectivity index (χ2n) is 4.94. The largest absolute Gasteiger partial charge is 0.290 e. The van der Waals surface area contributed by atoms with Gasteiger partial charge in [0.2, 0.25) is 0 Å². The van der Waals surface area contributed by atoms with Crippen molar-refractivity contribution in [3.05, 3.63) is 35.9 Å². The predicted octanol–water partition coefficient (Wildman–Crippen LogP) is 3.28. The quantitative estimate of drug-likeness (QED) is 0.711. The Bertz CT molecular complexity index is 321. The zero-order valence-corrected chi connectivity index (χ0v) is 10.2. The molecule has 0 aromatic heterocycles. The van der Waals surface area contributed by atoms with Crippen LogP contribution >= 0.6 is 11.6 Å². The summed E-state index contributed by atoms with van der Waals surface area (Å²) in [6, 6.07) is 11.2. The molecule has 2 rings (SSSR count). The summed E-state index contributed by atoms with van der Waals surface area (Å²) in [5.41, 5.74) is 1.69. The molecule has 1 saturated heterocycles. The molecular weight excluding hydrogens is 206 g/mol. The number of rotatable bonds is 3. The van der Waals surface area contributed by atoms with E-state index >= 15 is 0 Å². The molecule has 15 heavy (non-hydrogen) atoms. The molecule has 1 aromatic rings. The summed E-state index contributed by atoms with van der Waals surface area (Å²) in [6.45, 7) is 5.60. The number of alkyl halides is 1. The molecule has 0 saturated carbocycles. The van der Waals surface area contributed by atoms with Crippen molar-refractivity contribution in [1.29, 1.82) is 0 Å². The Labute approximate surface area is 97.0 Å². The van der Waals surface area contributed by atoms with Crippen LogP contribution in [-0.4, -0.2) is 22.4 Å². The maximum Gasteiger partial charge on any atom is 0.0380 e. The molecule has 1 aliphatic heterocycles. The highest BCUT2D eigenvalue weighted by molar-refractivity contribution is 6.18. The average molecular weight is 224 g/mol. The summed E-state index contributed by atoms with van der Waals surface area (Å²) in [5, 5.41) is 0. The van der Waals surface area contributed by atoms with E-state index in [1.165, 1.54) is 12.0 Å². The van der Waals surface area contributed by atoms with Gasteiger partial charge >= 0.3 is 0 Å². The Morgan fingerprint density at radius 2 is 2.00 bits per heavy atom. The van der Waals surface area contributed by atoms with Crippen molar-refractivity contribution in [3.8, 4) is 0 Å². The van der Waals surface area contributed by atoms with Crippen LogP contribution in [0.1, 0.15) is 25.8 Å². The highest BCUT2D eigenvalue weighted by Gasteiger charge is 2.43. The summed E-state index contributed by atoms with van der Waals surface area (Å²) in [4.78, 5) is 2.50. The average Bonchev–Trinajstić information content (AvgIpc) is 2.24. The Balaban J connectivity index is 2.05. The Kier molecular flexibility index (Phi) is 3.03. The molecule has 0 N–H and O–H groups in total. The standard InChI is InChI=1S/C13H18ClN/c1-13(2)8-12(9-14)15(13)10-11-6-4-3-5-7-11/h3-7,12H,8-10H2,1-2H3. The van der Waals surface area contributed by atoms with E-state index in [0.717, 1.165) is 12.4 Å². The molecule has 1 heterocycles. The zero-order valence-electron chi connectivity index (χ0n) is 9.41. The molecule has 0 radical (unpaired) electrons. The van der Waals surface area contributed by atoms with Crippen molar-refractivity contribution in [2.75, 3.05) is 5.88 Å². The van der Waals surface area contributed by atoms with Crippen molar-refractivity contribution >= 4 is 11.6 Å². The summed E-state index contributed by atoms with van der Waals surface area (Å²) in [6.07, 6.45) is 1.21. The molecule has 1 unspecified atom stereocenters. The predicted molar refractivity (Wildman–Crippen MR) is 65.2 cm³/mol. The molecule has 82 valence electrons. The summed E-state index contributed by atoms with van der Waals surface area (Å²) >= 11 is 5.95. The van der Waals surface area contributed by atoms with Gasteiger partial charge in [-0.3, -0.25) is 4.90 Å². The number of hydrogen-bond donors (Lipinski definition) is 0. The van der Waals surface area contributed by atoms with E-state index in [1.807, 2.05) is 0 Å². The van der Waals surface area contributed by atoms with Crippen LogP contribution in [0, 0.1) is 0 Å². The van der Waals surface area contributed by atoms with Crippen LogP contribution in [0.5, 0.6) is 0 Å². The second-order valence-corrected chi connectivity index (χ2v) is 5.25. The van der Waals surface area contributed by atoms with Crippen molar-refractivity contribution in [2.45, 2.75) is 38.4 Å². The molecule has 1 fully saturated rings. The van der Waals surface area contributed by atoms with Gasteiger partial charge in [-0.1, -0.05) is 30.3 Å². The SMILES string of the molecule is CC1(C)CC(CCl)N1Cc1ccccc1. The van der Waals surface area contributed by atoms with Gasteiger partial charge in [0.05, 0.1) is 0 Å². The fourth-order valence-corrected chi connectivity index (χ4v) is 2.72. The van der Waals surface area contributed by atoms with Gasteiger partial charge in [0, 0.05) is 24.0 Å². The summed E-state index contributed by atoms with van der Waals surface area (Å²) < 4.78 is 0. The minimum absolute atomic E-state index is 0.315. The van der Waals surface area contributed by atoms with Crippen LogP contribution in [0.3, 0.4) is 0 Å². The van der Waals surface area contributed by atoms with Crippen LogP contribution < -0.4 is 0 Å². The first-order chi connectivity index (χ1) is 7.13. The minimum atomic E-state index is 0.315. The van der Waals surface area contributed by atoms with Crippen LogP contribution in [0.15, 0.2) is 30.3 Å². The number of halogens is 1. The lowest BCUT2D eigenvalue weighted by Crippen LogP contribution is -2.62. The van der Waals surface area contributed by atoms with E-state index in [4.69, 9.17) is 11.6 Å². The van der Waals surface area contributed by atoms with Gasteiger partial charge in [-0.2, -0.15) is 0 Å². The van der Waals surface area contributed by atoms with Crippen LogP contribution in [0.4, 0.5) is 0 Å². The van der Waals surface area contributed by atoms with E-state index < -0.39 is 0 Å². The smallest absolute Gasteiger partial charge is 0.0380 e. The lowest BCUT2D eigenvalue weighted by molar-refractivity contribution is -0.0459. The third-order valence-corrected chi connectivity index (χ3v) is 3.68. The number of nitrogens with zero attached hydrogens (tertiary/aromatic N) is 1. The van der Waals surface area contributed by atoms with Crippen molar-refractivity contribution in [1.82, 2.24) is 4.90 Å². The summed E-state index contributed by atoms with van der Waals surface area (Å²) in [7, 11) is 0. The fraction of sp³-hybridized carbons (Fsp3) is 0.538. The Hall–Kier alpha value is -0.530. The molecule has 1 aromatic carbocycles. The lowest BCUT2D eigenvalue weighted by Gasteiger charge is -2.55. The third-order valence-electron chi connectivity index (χ3n) is 3.33. The van der Waals surface area contributed by atoms with E-state index in [1.54, 1.807) is 0 Å². The maximum atomic E-state index is 5.95. The molecule has 2 heteroatoms. The normalized spacial score (nSPS) is 24.9. The van der Waals surface area contributed by atoms with E-state index in [2.05, 4.69) is 49.1 Å². The van der Waals surface area contributed by atoms with Crippen LogP contribution in [0.2, 0.25) is 0 Å². The molecule has 0 aliphatic carbocycles. The molecular formula is C13H18ClN. The van der Waals surface area contributed by atoms with E-state index in [0.29, 0.717) is 11.6 Å². The molecule has 0 spiro atoms. The molecule has 1 nitrogen and oxygen atoms in total. The first kappa shape index (κ1) is 11.0. The van der Waals surface area contributed by atoms with Gasteiger partial charge in [-0.15, -0.1) is 11.6 Å². The maximum absolute atomic E-state index is 5.95. The Morgan fingerprint density at radius 1 is 1.33 bits per heavy atom. The highest BCUT2D eigenvalue weighted by atomic mass is 35.5. The highest BCUT2D eigenvalue weighted by Crippen LogP contribution is 2.37. The molecule has 1 aliphatic rings. The van der Waals surface area contributed by atoms with Gasteiger partial charge in [-0.05, 0) is 25.8 Å². The fourth-order valence-electron chi connectivity index (χ4n) is 2.45. The third kappa shape index (κ3) is 2.19. The van der Waals surface area contributed by atoms with Gasteiger partial charge in [0.15, 0.2) is 0 Å². The summed E-state index contributed by atoms with van der Waals surface area (Å²) in [5.74, 6) is 0.746. The minimum Gasteiger partial charge on any atom is -0.290 e. The zero-order chi connectivity index (χ0) is 10.9. The van der Waals surface area contributed by atoms with Gasteiger partial charge < -0.3 is 0 Å². The van der Waals surface area contributed by atoms with Gasteiger partial charge in [0.25, 0.3) is 0 Å². The molecule has 0 bridgehead atoms. The van der Waals surface area contributed by atoms with Crippen molar-refractivity contribution in [3.63, 3.8) is 0 Å². The van der Waals surface area contributed by atoms with E-state index in [-0.39, 0.29) is 0 Å². The molecule has 0 amide bonds. The lowest BCUT2D eigenvalue weighted by atomic mass is 9.82. The number of hydrogen-bond acceptors (Lipinski definition) is 1. The van der Waals surface area contributed by atoms with Crippen molar-refractivity contribution < 1.29 is 0 Å². The van der Waals surface area contributed by atoms with Gasteiger partial charge in [0.1, 0.15) is 0 Å². The first-order valence-corrected chi connectivity index (χ1v) is 6.03. The number of likely N-dealkylation sites (tertiary alicyclic amines) is 1.